The number of ether oxygens (including phenoxy) is 1. The van der Waals surface area contributed by atoms with Gasteiger partial charge in [0.2, 0.25) is 5.56 Å². The average molecular weight is 401 g/mol. The third-order valence-corrected chi connectivity index (χ3v) is 5.07. The van der Waals surface area contributed by atoms with Crippen LogP contribution in [0.5, 0.6) is 0 Å². The molecule has 0 fully saturated rings. The lowest BCUT2D eigenvalue weighted by Crippen LogP contribution is -2.16. The van der Waals surface area contributed by atoms with Gasteiger partial charge in [0.05, 0.1) is 24.1 Å². The fourth-order valence-electron chi connectivity index (χ4n) is 3.56. The molecule has 0 spiro atoms. The van der Waals surface area contributed by atoms with E-state index in [1.807, 2.05) is 18.2 Å². The molecule has 30 heavy (non-hydrogen) atoms. The SMILES string of the molecule is O=c1ccc(-c2ccc3nc(CC4=NC(C5=CCCCO5)=NC4)[nH]c(=O)c3c2)c[nH]1. The van der Waals surface area contributed by atoms with Crippen molar-refractivity contribution in [1.29, 1.82) is 0 Å². The van der Waals surface area contributed by atoms with Crippen LogP contribution in [0.2, 0.25) is 0 Å². The monoisotopic (exact) mass is 401 g/mol. The lowest BCUT2D eigenvalue weighted by Gasteiger charge is -2.12. The second-order valence-corrected chi connectivity index (χ2v) is 7.24. The fourth-order valence-corrected chi connectivity index (χ4v) is 3.56. The Bertz CT molecular complexity index is 1330. The van der Waals surface area contributed by atoms with Crippen molar-refractivity contribution in [3.8, 4) is 11.1 Å². The highest BCUT2D eigenvalue weighted by Gasteiger charge is 2.18. The summed E-state index contributed by atoms with van der Waals surface area (Å²) < 4.78 is 5.62. The predicted octanol–water partition coefficient (Wildman–Crippen LogP) is 2.37. The second-order valence-electron chi connectivity index (χ2n) is 7.24. The van der Waals surface area contributed by atoms with Crippen LogP contribution in [-0.2, 0) is 11.2 Å². The minimum absolute atomic E-state index is 0.169. The Balaban J connectivity index is 1.41. The minimum Gasteiger partial charge on any atom is -0.490 e. The lowest BCUT2D eigenvalue weighted by molar-refractivity contribution is 0.212. The highest BCUT2D eigenvalue weighted by molar-refractivity contribution is 6.10. The van der Waals surface area contributed by atoms with Gasteiger partial charge < -0.3 is 14.7 Å². The van der Waals surface area contributed by atoms with Crippen molar-refractivity contribution in [3.63, 3.8) is 0 Å². The van der Waals surface area contributed by atoms with Gasteiger partial charge in [-0.25, -0.2) is 9.98 Å². The predicted molar refractivity (Wildman–Crippen MR) is 115 cm³/mol. The zero-order valence-electron chi connectivity index (χ0n) is 16.1. The van der Waals surface area contributed by atoms with Gasteiger partial charge in [-0.15, -0.1) is 0 Å². The topological polar surface area (TPSA) is 113 Å². The number of aromatic nitrogens is 3. The highest BCUT2D eigenvalue weighted by Crippen LogP contribution is 2.21. The molecular weight excluding hydrogens is 382 g/mol. The number of nitrogens with zero attached hydrogens (tertiary/aromatic N) is 3. The number of H-pyrrole nitrogens is 2. The van der Waals surface area contributed by atoms with Crippen LogP contribution in [0.3, 0.4) is 0 Å². The Hall–Kier alpha value is -3.81. The van der Waals surface area contributed by atoms with E-state index in [9.17, 15) is 9.59 Å². The van der Waals surface area contributed by atoms with E-state index >= 15 is 0 Å². The third-order valence-electron chi connectivity index (χ3n) is 5.07. The van der Waals surface area contributed by atoms with Crippen LogP contribution in [0.4, 0.5) is 0 Å². The number of amidine groups is 1. The van der Waals surface area contributed by atoms with Crippen LogP contribution < -0.4 is 11.1 Å². The third kappa shape index (κ3) is 3.59. The number of fused-ring (bicyclic) bond motifs is 1. The number of benzene rings is 1. The number of hydrogen-bond acceptors (Lipinski definition) is 6. The van der Waals surface area contributed by atoms with E-state index in [-0.39, 0.29) is 11.1 Å². The van der Waals surface area contributed by atoms with Gasteiger partial charge in [0.25, 0.3) is 5.56 Å². The molecule has 2 aliphatic heterocycles. The number of aromatic amines is 2. The van der Waals surface area contributed by atoms with Crippen LogP contribution in [0.25, 0.3) is 22.0 Å². The molecule has 0 saturated heterocycles. The molecule has 0 atom stereocenters. The average Bonchev–Trinajstić information content (AvgIpc) is 3.23. The van der Waals surface area contributed by atoms with Crippen molar-refractivity contribution in [1.82, 2.24) is 15.0 Å². The Morgan fingerprint density at radius 2 is 2.00 bits per heavy atom. The number of hydrogen-bond donors (Lipinski definition) is 2. The quantitative estimate of drug-likeness (QED) is 0.699. The fraction of sp³-hybridized carbons (Fsp3) is 0.227. The highest BCUT2D eigenvalue weighted by atomic mass is 16.5. The molecule has 8 nitrogen and oxygen atoms in total. The first-order valence-electron chi connectivity index (χ1n) is 9.82. The Labute approximate surface area is 171 Å². The molecule has 3 aromatic rings. The summed E-state index contributed by atoms with van der Waals surface area (Å²) in [5, 5.41) is 0.494. The first-order chi connectivity index (χ1) is 14.7. The summed E-state index contributed by atoms with van der Waals surface area (Å²) in [6, 6.07) is 8.65. The first-order valence-corrected chi connectivity index (χ1v) is 9.82. The molecule has 2 aliphatic rings. The summed E-state index contributed by atoms with van der Waals surface area (Å²) in [4.78, 5) is 43.0. The van der Waals surface area contributed by atoms with Gasteiger partial charge in [-0.05, 0) is 48.2 Å². The number of rotatable bonds is 4. The molecule has 0 aliphatic carbocycles. The van der Waals surface area contributed by atoms with Gasteiger partial charge >= 0.3 is 0 Å². The maximum absolute atomic E-state index is 12.7. The number of allylic oxidation sites excluding steroid dienone is 1. The summed E-state index contributed by atoms with van der Waals surface area (Å²) in [5.41, 5.74) is 2.73. The van der Waals surface area contributed by atoms with Gasteiger partial charge in [-0.1, -0.05) is 6.07 Å². The molecule has 4 heterocycles. The molecule has 2 N–H and O–H groups in total. The smallest absolute Gasteiger partial charge is 0.258 e. The number of aliphatic imine (C=N–C) groups is 2. The number of pyridine rings is 1. The summed E-state index contributed by atoms with van der Waals surface area (Å²) in [5.74, 6) is 1.92. The zero-order valence-corrected chi connectivity index (χ0v) is 16.1. The van der Waals surface area contributed by atoms with Crippen LogP contribution in [0, 0.1) is 0 Å². The van der Waals surface area contributed by atoms with E-state index in [2.05, 4.69) is 24.9 Å². The normalized spacial score (nSPS) is 16.1. The van der Waals surface area contributed by atoms with Crippen LogP contribution in [-0.4, -0.2) is 39.7 Å². The molecule has 0 unspecified atom stereocenters. The summed E-state index contributed by atoms with van der Waals surface area (Å²) >= 11 is 0. The van der Waals surface area contributed by atoms with Crippen LogP contribution >= 0.6 is 0 Å². The molecule has 5 rings (SSSR count). The Morgan fingerprint density at radius 3 is 2.80 bits per heavy atom. The molecule has 0 bridgehead atoms. The molecule has 0 amide bonds. The molecular formula is C22H19N5O3. The van der Waals surface area contributed by atoms with Gasteiger partial charge in [0.1, 0.15) is 5.82 Å². The summed E-state index contributed by atoms with van der Waals surface area (Å²) in [7, 11) is 0. The van der Waals surface area contributed by atoms with Gasteiger partial charge in [-0.3, -0.25) is 14.6 Å². The van der Waals surface area contributed by atoms with E-state index in [4.69, 9.17) is 4.74 Å². The second kappa shape index (κ2) is 7.55. The Morgan fingerprint density at radius 1 is 1.10 bits per heavy atom. The Kier molecular flexibility index (Phi) is 4.59. The molecule has 8 heteroatoms. The van der Waals surface area contributed by atoms with Gasteiger partial charge in [0, 0.05) is 24.4 Å². The molecule has 1 aromatic carbocycles. The zero-order chi connectivity index (χ0) is 20.5. The van der Waals surface area contributed by atoms with Crippen molar-refractivity contribution >= 4 is 22.5 Å². The largest absolute Gasteiger partial charge is 0.490 e. The van der Waals surface area contributed by atoms with E-state index < -0.39 is 0 Å². The summed E-state index contributed by atoms with van der Waals surface area (Å²) in [6.07, 6.45) is 6.05. The van der Waals surface area contributed by atoms with Crippen LogP contribution in [0.15, 0.2) is 67.9 Å². The van der Waals surface area contributed by atoms with Crippen molar-refractivity contribution in [2.45, 2.75) is 19.3 Å². The van der Waals surface area contributed by atoms with Crippen molar-refractivity contribution in [2.24, 2.45) is 9.98 Å². The standard InChI is InChI=1S/C22H19N5O3/c28-20-7-5-14(11-23-20)13-4-6-17-16(9-13)22(29)27-19(26-17)10-15-12-24-21(25-15)18-3-1-2-8-30-18/h3-7,9,11H,1-2,8,10,12H2,(H,23,28)(H,26,27,29). The number of nitrogens with one attached hydrogen (secondary N) is 2. The van der Waals surface area contributed by atoms with Gasteiger partial charge in [0.15, 0.2) is 11.6 Å². The lowest BCUT2D eigenvalue weighted by atomic mass is 10.1. The first kappa shape index (κ1) is 18.2. The van der Waals surface area contributed by atoms with E-state index in [0.29, 0.717) is 42.1 Å². The maximum atomic E-state index is 12.7. The van der Waals surface area contributed by atoms with Crippen molar-refractivity contribution in [3.05, 3.63) is 74.9 Å². The molecule has 0 saturated carbocycles. The van der Waals surface area contributed by atoms with E-state index in [1.54, 1.807) is 18.3 Å². The van der Waals surface area contributed by atoms with Crippen LogP contribution in [0.1, 0.15) is 18.7 Å². The van der Waals surface area contributed by atoms with E-state index in [1.165, 1.54) is 6.07 Å². The minimum atomic E-state index is -0.209. The maximum Gasteiger partial charge on any atom is 0.258 e. The molecule has 150 valence electrons. The summed E-state index contributed by atoms with van der Waals surface area (Å²) in [6.45, 7) is 1.17. The van der Waals surface area contributed by atoms with Crippen molar-refractivity contribution in [2.75, 3.05) is 13.2 Å². The van der Waals surface area contributed by atoms with E-state index in [0.717, 1.165) is 35.4 Å². The van der Waals surface area contributed by atoms with Gasteiger partial charge in [-0.2, -0.15) is 0 Å². The molecule has 0 radical (unpaired) electrons. The molecule has 2 aromatic heterocycles. The van der Waals surface area contributed by atoms with Crippen molar-refractivity contribution < 1.29 is 4.74 Å².